The Morgan fingerprint density at radius 2 is 1.70 bits per heavy atom. The minimum Gasteiger partial charge on any atom is -0.481 e. The second kappa shape index (κ2) is 11.5. The largest absolute Gasteiger partial charge is 0.481 e. The summed E-state index contributed by atoms with van der Waals surface area (Å²) in [6.45, 7) is 1.08. The van der Waals surface area contributed by atoms with E-state index in [0.717, 1.165) is 30.6 Å². The molecular formula is C26H32N4O7. The minimum atomic E-state index is -1.02. The van der Waals surface area contributed by atoms with Gasteiger partial charge in [0, 0.05) is 44.1 Å². The number of fused-ring (bicyclic) bond motifs is 1. The van der Waals surface area contributed by atoms with Gasteiger partial charge < -0.3 is 15.3 Å². The van der Waals surface area contributed by atoms with Crippen molar-refractivity contribution >= 4 is 41.2 Å². The number of carboxylic acids is 1. The molecule has 11 nitrogen and oxygen atoms in total. The van der Waals surface area contributed by atoms with Crippen LogP contribution in [0.3, 0.4) is 0 Å². The van der Waals surface area contributed by atoms with Gasteiger partial charge in [-0.05, 0) is 37.8 Å². The SMILES string of the molecule is O=C(O)CCCCCCCC(=O)N1CC[C@H](Nc2cccc3c2C(=O)N(C2CCC(=O)NC2=O)C3=O)C1. The van der Waals surface area contributed by atoms with Gasteiger partial charge in [0.15, 0.2) is 0 Å². The van der Waals surface area contributed by atoms with E-state index in [4.69, 9.17) is 5.11 Å². The molecule has 3 heterocycles. The highest BCUT2D eigenvalue weighted by molar-refractivity contribution is 6.25. The molecule has 0 radical (unpaired) electrons. The highest BCUT2D eigenvalue weighted by atomic mass is 16.4. The number of benzene rings is 1. The summed E-state index contributed by atoms with van der Waals surface area (Å²) in [5.74, 6) is -2.89. The van der Waals surface area contributed by atoms with Crippen molar-refractivity contribution in [2.45, 2.75) is 76.3 Å². The molecule has 0 saturated carbocycles. The van der Waals surface area contributed by atoms with Crippen LogP contribution in [0, 0.1) is 0 Å². The van der Waals surface area contributed by atoms with Crippen LogP contribution < -0.4 is 10.6 Å². The molecule has 2 atom stereocenters. The molecule has 4 rings (SSSR count). The fourth-order valence-corrected chi connectivity index (χ4v) is 5.20. The number of hydrogen-bond acceptors (Lipinski definition) is 7. The van der Waals surface area contributed by atoms with Crippen LogP contribution in [0.4, 0.5) is 5.69 Å². The molecule has 3 aliphatic rings. The van der Waals surface area contributed by atoms with E-state index in [-0.39, 0.29) is 42.3 Å². The van der Waals surface area contributed by atoms with E-state index in [9.17, 15) is 28.8 Å². The number of carbonyl (C=O) groups is 6. The number of carboxylic acid groups (broad SMARTS) is 1. The van der Waals surface area contributed by atoms with Gasteiger partial charge in [0.1, 0.15) is 6.04 Å². The number of imide groups is 2. The first-order valence-corrected chi connectivity index (χ1v) is 12.9. The molecule has 5 amide bonds. The molecule has 37 heavy (non-hydrogen) atoms. The van der Waals surface area contributed by atoms with Crippen LogP contribution in [-0.2, 0) is 19.2 Å². The van der Waals surface area contributed by atoms with Gasteiger partial charge in [-0.15, -0.1) is 0 Å². The molecule has 3 N–H and O–H groups in total. The average molecular weight is 513 g/mol. The van der Waals surface area contributed by atoms with Gasteiger partial charge in [0.2, 0.25) is 17.7 Å². The maximum Gasteiger partial charge on any atom is 0.303 e. The quantitative estimate of drug-likeness (QED) is 0.300. The summed E-state index contributed by atoms with van der Waals surface area (Å²) in [5, 5.41) is 14.2. The second-order valence-electron chi connectivity index (χ2n) is 9.81. The number of amides is 5. The molecule has 2 saturated heterocycles. The number of hydrogen-bond donors (Lipinski definition) is 3. The van der Waals surface area contributed by atoms with E-state index >= 15 is 0 Å². The second-order valence-corrected chi connectivity index (χ2v) is 9.81. The van der Waals surface area contributed by atoms with Crippen LogP contribution in [0.15, 0.2) is 18.2 Å². The summed E-state index contributed by atoms with van der Waals surface area (Å²) in [7, 11) is 0. The molecule has 0 aromatic heterocycles. The molecule has 11 heteroatoms. The van der Waals surface area contributed by atoms with E-state index in [1.807, 2.05) is 0 Å². The van der Waals surface area contributed by atoms with Crippen LogP contribution in [0.1, 0.15) is 84.9 Å². The third-order valence-corrected chi connectivity index (χ3v) is 7.15. The van der Waals surface area contributed by atoms with Gasteiger partial charge in [0.25, 0.3) is 11.8 Å². The van der Waals surface area contributed by atoms with E-state index in [0.29, 0.717) is 38.0 Å². The Kier molecular flexibility index (Phi) is 8.20. The Balaban J connectivity index is 1.30. The highest BCUT2D eigenvalue weighted by Gasteiger charge is 2.45. The smallest absolute Gasteiger partial charge is 0.303 e. The number of piperidine rings is 1. The number of nitrogens with zero attached hydrogens (tertiary/aromatic N) is 2. The third kappa shape index (κ3) is 5.98. The normalized spacial score (nSPS) is 21.3. The number of anilines is 1. The summed E-state index contributed by atoms with van der Waals surface area (Å²) in [6.07, 6.45) is 5.55. The molecule has 2 fully saturated rings. The molecular weight excluding hydrogens is 480 g/mol. The molecule has 1 unspecified atom stereocenters. The molecule has 1 aromatic rings. The van der Waals surface area contributed by atoms with Crippen LogP contribution in [-0.4, -0.2) is 75.6 Å². The molecule has 0 bridgehead atoms. The zero-order valence-electron chi connectivity index (χ0n) is 20.7. The van der Waals surface area contributed by atoms with Crippen LogP contribution >= 0.6 is 0 Å². The predicted octanol–water partition coefficient (Wildman–Crippen LogP) is 1.92. The Morgan fingerprint density at radius 3 is 2.43 bits per heavy atom. The monoisotopic (exact) mass is 512 g/mol. The van der Waals surface area contributed by atoms with E-state index in [2.05, 4.69) is 10.6 Å². The lowest BCUT2D eigenvalue weighted by Gasteiger charge is -2.27. The standard InChI is InChI=1S/C26H32N4O7/c31-20-12-11-19(24(35)28-20)30-25(36)17-7-6-8-18(23(17)26(30)37)27-16-13-14-29(15-16)21(32)9-4-2-1-3-5-10-22(33)34/h6-8,16,19,27H,1-5,9-15H2,(H,33,34)(H,28,31,35)/t16-,19?/m0/s1. The van der Waals surface area contributed by atoms with Crippen molar-refractivity contribution in [2.24, 2.45) is 0 Å². The first-order chi connectivity index (χ1) is 17.8. The van der Waals surface area contributed by atoms with Gasteiger partial charge in [0.05, 0.1) is 11.1 Å². The van der Waals surface area contributed by atoms with Gasteiger partial charge in [-0.3, -0.25) is 39.0 Å². The summed E-state index contributed by atoms with van der Waals surface area (Å²) in [5.41, 5.74) is 0.921. The number of nitrogens with one attached hydrogen (secondary N) is 2. The lowest BCUT2D eigenvalue weighted by Crippen LogP contribution is -2.54. The van der Waals surface area contributed by atoms with Crippen molar-refractivity contribution in [1.82, 2.24) is 15.1 Å². The Bertz CT molecular complexity index is 1120. The molecule has 3 aliphatic heterocycles. The zero-order valence-corrected chi connectivity index (χ0v) is 20.7. The fourth-order valence-electron chi connectivity index (χ4n) is 5.20. The highest BCUT2D eigenvalue weighted by Crippen LogP contribution is 2.33. The maximum absolute atomic E-state index is 13.3. The van der Waals surface area contributed by atoms with Crippen molar-refractivity contribution in [3.63, 3.8) is 0 Å². The number of carbonyl (C=O) groups excluding carboxylic acids is 5. The Hall–Kier alpha value is -3.76. The van der Waals surface area contributed by atoms with Crippen molar-refractivity contribution in [2.75, 3.05) is 18.4 Å². The summed E-state index contributed by atoms with van der Waals surface area (Å²) in [6, 6.07) is 3.84. The van der Waals surface area contributed by atoms with Crippen molar-refractivity contribution in [1.29, 1.82) is 0 Å². The molecule has 1 aromatic carbocycles. The zero-order chi connectivity index (χ0) is 26.5. The van der Waals surface area contributed by atoms with Crippen molar-refractivity contribution in [3.05, 3.63) is 29.3 Å². The number of unbranched alkanes of at least 4 members (excludes halogenated alkanes) is 4. The van der Waals surface area contributed by atoms with Gasteiger partial charge in [-0.2, -0.15) is 0 Å². The van der Waals surface area contributed by atoms with Gasteiger partial charge >= 0.3 is 5.97 Å². The average Bonchev–Trinajstić information content (AvgIpc) is 3.42. The number of likely N-dealkylation sites (tertiary alicyclic amines) is 1. The lowest BCUT2D eigenvalue weighted by molar-refractivity contribution is -0.138. The van der Waals surface area contributed by atoms with Crippen LogP contribution in [0.25, 0.3) is 0 Å². The van der Waals surface area contributed by atoms with Crippen molar-refractivity contribution < 1.29 is 33.9 Å². The lowest BCUT2D eigenvalue weighted by atomic mass is 10.0. The first kappa shape index (κ1) is 26.3. The summed E-state index contributed by atoms with van der Waals surface area (Å²) < 4.78 is 0. The van der Waals surface area contributed by atoms with Crippen molar-refractivity contribution in [3.8, 4) is 0 Å². The third-order valence-electron chi connectivity index (χ3n) is 7.15. The van der Waals surface area contributed by atoms with E-state index in [1.165, 1.54) is 0 Å². The topological polar surface area (TPSA) is 153 Å². The van der Waals surface area contributed by atoms with Gasteiger partial charge in [-0.25, -0.2) is 0 Å². The van der Waals surface area contributed by atoms with Crippen LogP contribution in [0.2, 0.25) is 0 Å². The van der Waals surface area contributed by atoms with E-state index in [1.54, 1.807) is 23.1 Å². The number of rotatable bonds is 11. The van der Waals surface area contributed by atoms with Gasteiger partial charge in [-0.1, -0.05) is 25.3 Å². The summed E-state index contributed by atoms with van der Waals surface area (Å²) >= 11 is 0. The molecule has 0 aliphatic carbocycles. The Morgan fingerprint density at radius 1 is 0.973 bits per heavy atom. The summed E-state index contributed by atoms with van der Waals surface area (Å²) in [4.78, 5) is 76.0. The minimum absolute atomic E-state index is 0.0611. The molecule has 0 spiro atoms. The fraction of sp³-hybridized carbons (Fsp3) is 0.538. The molecule has 198 valence electrons. The first-order valence-electron chi connectivity index (χ1n) is 12.9. The van der Waals surface area contributed by atoms with E-state index < -0.39 is 35.6 Å². The number of aliphatic carboxylic acids is 1. The Labute approximate surface area is 214 Å². The predicted molar refractivity (Wildman–Crippen MR) is 132 cm³/mol. The maximum atomic E-state index is 13.3. The van der Waals surface area contributed by atoms with Crippen LogP contribution in [0.5, 0.6) is 0 Å².